The van der Waals surface area contributed by atoms with Crippen LogP contribution in [-0.4, -0.2) is 46.8 Å². The van der Waals surface area contributed by atoms with E-state index in [1.165, 1.54) is 6.42 Å². The summed E-state index contributed by atoms with van der Waals surface area (Å²) in [6.45, 7) is 1.43. The predicted molar refractivity (Wildman–Crippen MR) is 82.6 cm³/mol. The highest BCUT2D eigenvalue weighted by Gasteiger charge is 2.30. The molecular formula is C17H25NO3. The van der Waals surface area contributed by atoms with Crippen LogP contribution in [0.25, 0.3) is 0 Å². The summed E-state index contributed by atoms with van der Waals surface area (Å²) in [5.41, 5.74) is 0.675. The van der Waals surface area contributed by atoms with Crippen LogP contribution in [0.5, 0.6) is 0 Å². The molecular weight excluding hydrogens is 266 g/mol. The van der Waals surface area contributed by atoms with Crippen LogP contribution < -0.4 is 0 Å². The molecule has 1 aromatic rings. The first-order valence-electron chi connectivity index (χ1n) is 7.72. The molecule has 0 aliphatic heterocycles. The molecule has 0 aromatic heterocycles. The number of aromatic carboxylic acids is 1. The van der Waals surface area contributed by atoms with Crippen molar-refractivity contribution in [3.8, 4) is 0 Å². The van der Waals surface area contributed by atoms with Crippen molar-refractivity contribution in [1.29, 1.82) is 0 Å². The molecule has 0 unspecified atom stereocenters. The van der Waals surface area contributed by atoms with E-state index < -0.39 is 11.6 Å². The van der Waals surface area contributed by atoms with Gasteiger partial charge in [0.2, 0.25) is 0 Å². The van der Waals surface area contributed by atoms with Crippen molar-refractivity contribution in [2.45, 2.75) is 44.1 Å². The van der Waals surface area contributed by atoms with Crippen LogP contribution >= 0.6 is 0 Å². The third kappa shape index (κ3) is 4.55. The Morgan fingerprint density at radius 2 is 1.90 bits per heavy atom. The Morgan fingerprint density at radius 1 is 1.24 bits per heavy atom. The summed E-state index contributed by atoms with van der Waals surface area (Å²) in [6.07, 6.45) is 5.87. The summed E-state index contributed by atoms with van der Waals surface area (Å²) in [5.74, 6) is -0.876. The fourth-order valence-corrected chi connectivity index (χ4v) is 3.21. The normalized spacial score (nSPS) is 17.9. The molecule has 0 spiro atoms. The van der Waals surface area contributed by atoms with Crippen LogP contribution in [0, 0.1) is 0 Å². The number of hydrogen-bond donors (Lipinski definition) is 2. The molecule has 1 aromatic carbocycles. The van der Waals surface area contributed by atoms with Crippen molar-refractivity contribution in [2.75, 3.05) is 20.1 Å². The molecule has 1 fully saturated rings. The minimum atomic E-state index is -0.876. The second-order valence-corrected chi connectivity index (χ2v) is 6.24. The number of hydrogen-bond acceptors (Lipinski definition) is 3. The fourth-order valence-electron chi connectivity index (χ4n) is 3.21. The smallest absolute Gasteiger partial charge is 0.335 e. The van der Waals surface area contributed by atoms with Gasteiger partial charge in [0.25, 0.3) is 0 Å². The highest BCUT2D eigenvalue weighted by Crippen LogP contribution is 2.28. The summed E-state index contributed by atoms with van der Waals surface area (Å²) in [6, 6.07) is 7.14. The Kier molecular flexibility index (Phi) is 5.37. The quantitative estimate of drug-likeness (QED) is 0.845. The van der Waals surface area contributed by atoms with E-state index in [2.05, 4.69) is 4.90 Å². The molecule has 2 N–H and O–H groups in total. The van der Waals surface area contributed by atoms with Gasteiger partial charge in [-0.1, -0.05) is 37.5 Å². The number of likely N-dealkylation sites (N-methyl/N-ethyl adjacent to an activating group) is 1. The minimum Gasteiger partial charge on any atom is -0.478 e. The summed E-state index contributed by atoms with van der Waals surface area (Å²) in [7, 11) is 2.00. The van der Waals surface area contributed by atoms with E-state index in [9.17, 15) is 15.0 Å². The minimum absolute atomic E-state index is 0.377. The lowest BCUT2D eigenvalue weighted by atomic mass is 9.84. The summed E-state index contributed by atoms with van der Waals surface area (Å²) >= 11 is 0. The van der Waals surface area contributed by atoms with Gasteiger partial charge in [0.05, 0.1) is 11.2 Å². The van der Waals surface area contributed by atoms with E-state index in [1.54, 1.807) is 12.1 Å². The maximum atomic E-state index is 11.2. The molecule has 1 aliphatic rings. The van der Waals surface area contributed by atoms with E-state index in [1.807, 2.05) is 19.2 Å². The number of carboxylic acid groups (broad SMARTS) is 1. The second kappa shape index (κ2) is 7.05. The van der Waals surface area contributed by atoms with Crippen molar-refractivity contribution < 1.29 is 15.0 Å². The molecule has 0 radical (unpaired) electrons. The molecule has 0 atom stereocenters. The highest BCUT2D eigenvalue weighted by atomic mass is 16.4. The monoisotopic (exact) mass is 291 g/mol. The molecule has 0 heterocycles. The molecule has 116 valence electrons. The van der Waals surface area contributed by atoms with E-state index in [0.717, 1.165) is 37.8 Å². The molecule has 0 bridgehead atoms. The van der Waals surface area contributed by atoms with Crippen LogP contribution in [0.1, 0.15) is 48.0 Å². The number of carboxylic acids is 1. The molecule has 1 saturated carbocycles. The maximum Gasteiger partial charge on any atom is 0.335 e. The number of aliphatic hydroxyl groups is 1. The van der Waals surface area contributed by atoms with Gasteiger partial charge in [0.15, 0.2) is 0 Å². The van der Waals surface area contributed by atoms with Gasteiger partial charge in [-0.2, -0.15) is 0 Å². The Morgan fingerprint density at radius 3 is 2.57 bits per heavy atom. The lowest BCUT2D eigenvalue weighted by molar-refractivity contribution is -0.0206. The Hall–Kier alpha value is -1.39. The van der Waals surface area contributed by atoms with Crippen molar-refractivity contribution in [3.63, 3.8) is 0 Å². The highest BCUT2D eigenvalue weighted by molar-refractivity contribution is 5.89. The van der Waals surface area contributed by atoms with Gasteiger partial charge in [0, 0.05) is 13.1 Å². The largest absolute Gasteiger partial charge is 0.478 e. The van der Waals surface area contributed by atoms with Crippen molar-refractivity contribution in [1.82, 2.24) is 4.90 Å². The molecule has 2 rings (SSSR count). The summed E-state index contributed by atoms with van der Waals surface area (Å²) in [4.78, 5) is 13.3. The van der Waals surface area contributed by atoms with Crippen LogP contribution in [0.15, 0.2) is 24.3 Å². The second-order valence-electron chi connectivity index (χ2n) is 6.24. The van der Waals surface area contributed by atoms with Crippen LogP contribution in [0.4, 0.5) is 0 Å². The van der Waals surface area contributed by atoms with Gasteiger partial charge >= 0.3 is 5.97 Å². The van der Waals surface area contributed by atoms with Crippen molar-refractivity contribution in [3.05, 3.63) is 35.4 Å². The zero-order valence-electron chi connectivity index (χ0n) is 12.7. The van der Waals surface area contributed by atoms with E-state index in [4.69, 9.17) is 0 Å². The Bertz CT molecular complexity index is 481. The maximum absolute atomic E-state index is 11.2. The summed E-state index contributed by atoms with van der Waals surface area (Å²) in [5, 5.41) is 19.7. The first kappa shape index (κ1) is 16.0. The van der Waals surface area contributed by atoms with Crippen LogP contribution in [0.3, 0.4) is 0 Å². The van der Waals surface area contributed by atoms with Gasteiger partial charge in [-0.15, -0.1) is 0 Å². The lowest BCUT2D eigenvalue weighted by Crippen LogP contribution is -2.43. The molecule has 0 saturated heterocycles. The standard InChI is InChI=1S/C17H25NO3/c1-18(13-17(21)10-5-2-6-11-17)12-9-14-7-3-4-8-15(14)16(19)20/h3-4,7-8,21H,2,5-6,9-13H2,1H3,(H,19,20). The van der Waals surface area contributed by atoms with Gasteiger partial charge in [-0.05, 0) is 37.9 Å². The zero-order valence-corrected chi connectivity index (χ0v) is 12.7. The van der Waals surface area contributed by atoms with E-state index in [0.29, 0.717) is 18.5 Å². The van der Waals surface area contributed by atoms with Gasteiger partial charge in [-0.3, -0.25) is 0 Å². The van der Waals surface area contributed by atoms with Crippen LogP contribution in [0.2, 0.25) is 0 Å². The molecule has 4 heteroatoms. The Balaban J connectivity index is 1.89. The van der Waals surface area contributed by atoms with E-state index >= 15 is 0 Å². The Labute approximate surface area is 126 Å². The van der Waals surface area contributed by atoms with Gasteiger partial charge in [0.1, 0.15) is 0 Å². The van der Waals surface area contributed by atoms with E-state index in [-0.39, 0.29) is 0 Å². The average molecular weight is 291 g/mol. The van der Waals surface area contributed by atoms with Crippen molar-refractivity contribution in [2.24, 2.45) is 0 Å². The number of carbonyl (C=O) groups is 1. The summed E-state index contributed by atoms with van der Waals surface area (Å²) < 4.78 is 0. The third-order valence-corrected chi connectivity index (χ3v) is 4.36. The topological polar surface area (TPSA) is 60.8 Å². The molecule has 21 heavy (non-hydrogen) atoms. The molecule has 0 amide bonds. The fraction of sp³-hybridized carbons (Fsp3) is 0.588. The first-order chi connectivity index (χ1) is 10.0. The average Bonchev–Trinajstić information content (AvgIpc) is 2.45. The van der Waals surface area contributed by atoms with Crippen molar-refractivity contribution >= 4 is 5.97 Å². The number of nitrogens with zero attached hydrogens (tertiary/aromatic N) is 1. The lowest BCUT2D eigenvalue weighted by Gasteiger charge is -2.35. The SMILES string of the molecule is CN(CCc1ccccc1C(=O)O)CC1(O)CCCCC1. The third-order valence-electron chi connectivity index (χ3n) is 4.36. The predicted octanol–water partition coefficient (Wildman–Crippen LogP) is 2.55. The van der Waals surface area contributed by atoms with Gasteiger partial charge < -0.3 is 15.1 Å². The van der Waals surface area contributed by atoms with Gasteiger partial charge in [-0.25, -0.2) is 4.79 Å². The zero-order chi connectivity index (χ0) is 15.3. The van der Waals surface area contributed by atoms with Crippen LogP contribution in [-0.2, 0) is 6.42 Å². The number of benzene rings is 1. The first-order valence-corrected chi connectivity index (χ1v) is 7.72. The molecule has 1 aliphatic carbocycles. The number of rotatable bonds is 6. The molecule has 4 nitrogen and oxygen atoms in total.